The van der Waals surface area contributed by atoms with Gasteiger partial charge in [0.15, 0.2) is 0 Å². The predicted octanol–water partition coefficient (Wildman–Crippen LogP) is 1.78. The van der Waals surface area contributed by atoms with Gasteiger partial charge in [0.1, 0.15) is 12.4 Å². The Morgan fingerprint density at radius 3 is 2.75 bits per heavy atom. The Morgan fingerprint density at radius 1 is 1.25 bits per heavy atom. The summed E-state index contributed by atoms with van der Waals surface area (Å²) in [5.74, 6) is 0.933. The van der Waals surface area contributed by atoms with Crippen LogP contribution in [0.25, 0.3) is 0 Å². The summed E-state index contributed by atoms with van der Waals surface area (Å²) < 4.78 is 11.3. The predicted molar refractivity (Wildman–Crippen MR) is 78.8 cm³/mol. The molecule has 2 fully saturated rings. The van der Waals surface area contributed by atoms with Gasteiger partial charge in [-0.2, -0.15) is 0 Å². The van der Waals surface area contributed by atoms with Crippen LogP contribution in [0.1, 0.15) is 24.8 Å². The molecule has 0 aromatic heterocycles. The highest BCUT2D eigenvalue weighted by Crippen LogP contribution is 2.18. The summed E-state index contributed by atoms with van der Waals surface area (Å²) in [6, 6.07) is 8.76. The second-order valence-corrected chi connectivity index (χ2v) is 5.87. The van der Waals surface area contributed by atoms with Crippen molar-refractivity contribution in [2.45, 2.75) is 38.0 Å². The quantitative estimate of drug-likeness (QED) is 0.890. The normalized spacial score (nSPS) is 27.1. The molecule has 2 heterocycles. The third kappa shape index (κ3) is 3.72. The molecular weight excluding hydrogens is 252 g/mol. The monoisotopic (exact) mass is 276 g/mol. The van der Waals surface area contributed by atoms with Gasteiger partial charge in [-0.05, 0) is 37.0 Å². The van der Waals surface area contributed by atoms with Crippen LogP contribution in [0.15, 0.2) is 24.3 Å². The lowest BCUT2D eigenvalue weighted by Crippen LogP contribution is -2.26. The Morgan fingerprint density at radius 2 is 2.10 bits per heavy atom. The summed E-state index contributed by atoms with van der Waals surface area (Å²) in [6.45, 7) is 4.65. The minimum absolute atomic E-state index is 0.278. The highest BCUT2D eigenvalue weighted by molar-refractivity contribution is 5.27. The second kappa shape index (κ2) is 6.57. The molecule has 2 unspecified atom stereocenters. The molecule has 110 valence electrons. The molecule has 1 aromatic rings. The van der Waals surface area contributed by atoms with Crippen LogP contribution in [0.2, 0.25) is 0 Å². The highest BCUT2D eigenvalue weighted by Gasteiger charge is 2.19. The number of nitrogens with zero attached hydrogens (tertiary/aromatic N) is 1. The maximum atomic E-state index is 5.93. The van der Waals surface area contributed by atoms with Crippen molar-refractivity contribution in [3.8, 4) is 5.75 Å². The van der Waals surface area contributed by atoms with E-state index in [4.69, 9.17) is 15.2 Å². The summed E-state index contributed by atoms with van der Waals surface area (Å²) in [4.78, 5) is 2.41. The van der Waals surface area contributed by atoms with Crippen LogP contribution in [0.3, 0.4) is 0 Å². The van der Waals surface area contributed by atoms with E-state index in [0.29, 0.717) is 12.6 Å². The minimum atomic E-state index is 0.278. The molecule has 20 heavy (non-hydrogen) atoms. The zero-order chi connectivity index (χ0) is 13.8. The van der Waals surface area contributed by atoms with Gasteiger partial charge in [-0.15, -0.1) is 0 Å². The van der Waals surface area contributed by atoms with E-state index in [2.05, 4.69) is 29.2 Å². The average Bonchev–Trinajstić information content (AvgIpc) is 3.10. The summed E-state index contributed by atoms with van der Waals surface area (Å²) >= 11 is 0. The van der Waals surface area contributed by atoms with Crippen molar-refractivity contribution < 1.29 is 9.47 Å². The Kier molecular flexibility index (Phi) is 4.55. The molecule has 2 N–H and O–H groups in total. The van der Waals surface area contributed by atoms with Gasteiger partial charge in [0.2, 0.25) is 0 Å². The number of ether oxygens (including phenoxy) is 2. The average molecular weight is 276 g/mol. The SMILES string of the molecule is NC1CCN(Cc2ccc(OCC3CCCO3)cc2)C1. The zero-order valence-electron chi connectivity index (χ0n) is 12.0. The third-order valence-corrected chi connectivity index (χ3v) is 4.10. The molecule has 2 atom stereocenters. The van der Waals surface area contributed by atoms with Crippen molar-refractivity contribution in [3.63, 3.8) is 0 Å². The molecule has 0 aliphatic carbocycles. The number of nitrogens with two attached hydrogens (primary N) is 1. The molecule has 0 spiro atoms. The van der Waals surface area contributed by atoms with E-state index in [9.17, 15) is 0 Å². The van der Waals surface area contributed by atoms with Gasteiger partial charge in [-0.1, -0.05) is 12.1 Å². The van der Waals surface area contributed by atoms with E-state index in [1.54, 1.807) is 0 Å². The first-order chi connectivity index (χ1) is 9.79. The van der Waals surface area contributed by atoms with Crippen LogP contribution < -0.4 is 10.5 Å². The summed E-state index contributed by atoms with van der Waals surface area (Å²) in [5, 5.41) is 0. The first-order valence-electron chi connectivity index (χ1n) is 7.61. The van der Waals surface area contributed by atoms with E-state index < -0.39 is 0 Å². The molecule has 2 saturated heterocycles. The van der Waals surface area contributed by atoms with Crippen molar-refractivity contribution >= 4 is 0 Å². The van der Waals surface area contributed by atoms with E-state index >= 15 is 0 Å². The van der Waals surface area contributed by atoms with Crippen LogP contribution in [-0.4, -0.2) is 43.3 Å². The van der Waals surface area contributed by atoms with E-state index in [1.807, 2.05) is 0 Å². The summed E-state index contributed by atoms with van der Waals surface area (Å²) in [7, 11) is 0. The molecule has 2 aliphatic rings. The number of likely N-dealkylation sites (tertiary alicyclic amines) is 1. The van der Waals surface area contributed by atoms with Crippen LogP contribution in [0.5, 0.6) is 5.75 Å². The minimum Gasteiger partial charge on any atom is -0.491 e. The standard InChI is InChI=1S/C16H24N2O2/c17-14-7-8-18(11-14)10-13-3-5-15(6-4-13)20-12-16-2-1-9-19-16/h3-6,14,16H,1-2,7-12,17H2. The highest BCUT2D eigenvalue weighted by atomic mass is 16.5. The third-order valence-electron chi connectivity index (χ3n) is 4.10. The Labute approximate surface area is 120 Å². The first-order valence-corrected chi connectivity index (χ1v) is 7.61. The topological polar surface area (TPSA) is 47.7 Å². The largest absolute Gasteiger partial charge is 0.491 e. The van der Waals surface area contributed by atoms with Crippen molar-refractivity contribution in [2.24, 2.45) is 5.73 Å². The van der Waals surface area contributed by atoms with E-state index in [-0.39, 0.29) is 6.10 Å². The molecule has 4 heteroatoms. The number of hydrogen-bond acceptors (Lipinski definition) is 4. The molecule has 0 bridgehead atoms. The zero-order valence-corrected chi connectivity index (χ0v) is 12.0. The van der Waals surface area contributed by atoms with Crippen molar-refractivity contribution in [2.75, 3.05) is 26.3 Å². The summed E-state index contributed by atoms with van der Waals surface area (Å²) in [6.07, 6.45) is 3.67. The van der Waals surface area contributed by atoms with Crippen molar-refractivity contribution in [3.05, 3.63) is 29.8 Å². The Balaban J connectivity index is 1.46. The smallest absolute Gasteiger partial charge is 0.119 e. The molecule has 2 aliphatic heterocycles. The van der Waals surface area contributed by atoms with Gasteiger partial charge < -0.3 is 15.2 Å². The first kappa shape index (κ1) is 13.9. The molecule has 0 amide bonds. The maximum Gasteiger partial charge on any atom is 0.119 e. The van der Waals surface area contributed by atoms with Gasteiger partial charge in [0, 0.05) is 32.3 Å². The van der Waals surface area contributed by atoms with Gasteiger partial charge in [0.25, 0.3) is 0 Å². The lowest BCUT2D eigenvalue weighted by molar-refractivity contribution is 0.0679. The van der Waals surface area contributed by atoms with Gasteiger partial charge in [-0.3, -0.25) is 4.90 Å². The Bertz CT molecular complexity index is 415. The molecule has 4 nitrogen and oxygen atoms in total. The van der Waals surface area contributed by atoms with Crippen LogP contribution in [0.4, 0.5) is 0 Å². The fourth-order valence-corrected chi connectivity index (χ4v) is 2.92. The van der Waals surface area contributed by atoms with Crippen molar-refractivity contribution in [1.82, 2.24) is 4.90 Å². The number of benzene rings is 1. The molecule has 0 saturated carbocycles. The molecule has 1 aromatic carbocycles. The van der Waals surface area contributed by atoms with Crippen LogP contribution in [0, 0.1) is 0 Å². The van der Waals surface area contributed by atoms with E-state index in [1.165, 1.54) is 5.56 Å². The lowest BCUT2D eigenvalue weighted by Gasteiger charge is -2.16. The fraction of sp³-hybridized carbons (Fsp3) is 0.625. The van der Waals surface area contributed by atoms with Crippen LogP contribution >= 0.6 is 0 Å². The van der Waals surface area contributed by atoms with Crippen LogP contribution in [-0.2, 0) is 11.3 Å². The van der Waals surface area contributed by atoms with Gasteiger partial charge >= 0.3 is 0 Å². The Hall–Kier alpha value is -1.10. The van der Waals surface area contributed by atoms with E-state index in [0.717, 1.165) is 51.3 Å². The second-order valence-electron chi connectivity index (χ2n) is 5.87. The van der Waals surface area contributed by atoms with Crippen molar-refractivity contribution in [1.29, 1.82) is 0 Å². The number of rotatable bonds is 5. The van der Waals surface area contributed by atoms with Gasteiger partial charge in [-0.25, -0.2) is 0 Å². The van der Waals surface area contributed by atoms with Gasteiger partial charge in [0.05, 0.1) is 6.10 Å². The summed E-state index contributed by atoms with van der Waals surface area (Å²) in [5.41, 5.74) is 7.25. The number of hydrogen-bond donors (Lipinski definition) is 1. The molecule has 0 radical (unpaired) electrons. The molecular formula is C16H24N2O2. The lowest BCUT2D eigenvalue weighted by atomic mass is 10.2. The molecule has 3 rings (SSSR count). The maximum absolute atomic E-state index is 5.93. The fourth-order valence-electron chi connectivity index (χ4n) is 2.92.